The second-order valence-corrected chi connectivity index (χ2v) is 8.54. The summed E-state index contributed by atoms with van der Waals surface area (Å²) < 4.78 is 0. The fourth-order valence-electron chi connectivity index (χ4n) is 2.85. The molecule has 9 heteroatoms. The van der Waals surface area contributed by atoms with Crippen LogP contribution in [0.4, 0.5) is 0 Å². The van der Waals surface area contributed by atoms with Crippen LogP contribution in [0.2, 0.25) is 0 Å². The fraction of sp³-hybridized carbons (Fsp3) is 0.880. The molecular formula is C25H54N4O5. The lowest BCUT2D eigenvalue weighted by Gasteiger charge is -2.16. The van der Waals surface area contributed by atoms with E-state index in [1.165, 1.54) is 25.8 Å². The topological polar surface area (TPSA) is 140 Å². The number of hydrogen-bond donors (Lipinski definition) is 6. The van der Waals surface area contributed by atoms with Gasteiger partial charge in [0.25, 0.3) is 0 Å². The van der Waals surface area contributed by atoms with Crippen molar-refractivity contribution in [2.24, 2.45) is 5.92 Å². The Labute approximate surface area is 208 Å². The molecular weight excluding hydrogens is 436 g/mol. The van der Waals surface area contributed by atoms with Gasteiger partial charge in [0, 0.05) is 19.5 Å². The smallest absolute Gasteiger partial charge is 0.237 e. The van der Waals surface area contributed by atoms with Crippen LogP contribution in [0.3, 0.4) is 0 Å². The zero-order valence-electron chi connectivity index (χ0n) is 22.4. The van der Waals surface area contributed by atoms with Gasteiger partial charge in [-0.15, -0.1) is 0 Å². The van der Waals surface area contributed by atoms with Crippen LogP contribution in [0.15, 0.2) is 0 Å². The lowest BCUT2D eigenvalue weighted by molar-refractivity contribution is -0.123. The number of unbranched alkanes of at least 4 members (excludes halogenated alkanes) is 2. The van der Waals surface area contributed by atoms with Gasteiger partial charge in [-0.1, -0.05) is 47.0 Å². The molecule has 0 saturated carbocycles. The highest BCUT2D eigenvalue weighted by Gasteiger charge is 2.14. The minimum absolute atomic E-state index is 0.00412. The molecule has 0 saturated heterocycles. The van der Waals surface area contributed by atoms with Crippen LogP contribution in [0, 0.1) is 5.92 Å². The molecule has 0 aromatic heterocycles. The number of hydrogen-bond acceptors (Lipinski definition) is 7. The zero-order valence-corrected chi connectivity index (χ0v) is 22.4. The number of likely N-dealkylation sites (N-methyl/N-ethyl adjacent to an activating group) is 1. The van der Waals surface area contributed by atoms with Crippen LogP contribution < -0.4 is 21.3 Å². The van der Waals surface area contributed by atoms with Gasteiger partial charge in [-0.3, -0.25) is 9.59 Å². The van der Waals surface area contributed by atoms with Crippen LogP contribution in [0.1, 0.15) is 85.5 Å². The maximum atomic E-state index is 11.5. The largest absolute Gasteiger partial charge is 0.394 e. The molecule has 0 aromatic carbocycles. The van der Waals surface area contributed by atoms with E-state index in [1.807, 2.05) is 20.9 Å². The molecule has 204 valence electrons. The highest BCUT2D eigenvalue weighted by Crippen LogP contribution is 2.04. The lowest BCUT2D eigenvalue weighted by Crippen LogP contribution is -2.44. The average molecular weight is 491 g/mol. The molecule has 0 aliphatic carbocycles. The fourth-order valence-corrected chi connectivity index (χ4v) is 2.85. The van der Waals surface area contributed by atoms with Crippen molar-refractivity contribution in [2.75, 3.05) is 39.8 Å². The van der Waals surface area contributed by atoms with Crippen LogP contribution >= 0.6 is 0 Å². The van der Waals surface area contributed by atoms with Crippen molar-refractivity contribution in [1.29, 1.82) is 0 Å². The van der Waals surface area contributed by atoms with E-state index in [0.717, 1.165) is 44.4 Å². The molecule has 34 heavy (non-hydrogen) atoms. The third kappa shape index (κ3) is 32.6. The number of aliphatic hydroxyl groups is 2. The van der Waals surface area contributed by atoms with E-state index in [2.05, 4.69) is 35.1 Å². The van der Waals surface area contributed by atoms with Gasteiger partial charge < -0.3 is 36.3 Å². The molecule has 0 aromatic rings. The molecule has 0 heterocycles. The Hall–Kier alpha value is -1.55. The molecule has 0 spiro atoms. The maximum Gasteiger partial charge on any atom is 0.237 e. The Balaban J connectivity index is -0.000000435. The van der Waals surface area contributed by atoms with Crippen molar-refractivity contribution in [1.82, 2.24) is 21.3 Å². The van der Waals surface area contributed by atoms with Crippen LogP contribution in [-0.2, 0) is 14.4 Å². The van der Waals surface area contributed by atoms with Gasteiger partial charge in [0.2, 0.25) is 12.3 Å². The van der Waals surface area contributed by atoms with E-state index >= 15 is 0 Å². The van der Waals surface area contributed by atoms with Gasteiger partial charge in [0.1, 0.15) is 6.29 Å². The van der Waals surface area contributed by atoms with Gasteiger partial charge in [-0.05, 0) is 58.2 Å². The molecule has 0 radical (unpaired) electrons. The minimum atomic E-state index is -0.605. The molecule has 6 N–H and O–H groups in total. The third-order valence-electron chi connectivity index (χ3n) is 4.77. The first-order valence-electron chi connectivity index (χ1n) is 12.9. The van der Waals surface area contributed by atoms with Crippen molar-refractivity contribution in [3.63, 3.8) is 0 Å². The SMILES string of the molecule is CCC[C@@H](NCC)C(=O)NCCC=O.CNCCCCC(C)C.O=CNCCCCC(O)CO. The first-order valence-corrected chi connectivity index (χ1v) is 12.9. The molecule has 0 bridgehead atoms. The molecule has 0 rings (SSSR count). The minimum Gasteiger partial charge on any atom is -0.394 e. The summed E-state index contributed by atoms with van der Waals surface area (Å²) in [6.45, 7) is 11.4. The molecule has 9 nitrogen and oxygen atoms in total. The molecule has 0 aliphatic heterocycles. The first-order chi connectivity index (χ1) is 16.3. The number of nitrogens with one attached hydrogen (secondary N) is 4. The average Bonchev–Trinajstić information content (AvgIpc) is 2.82. The molecule has 2 atom stereocenters. The molecule has 2 amide bonds. The molecule has 0 aliphatic rings. The van der Waals surface area contributed by atoms with E-state index in [4.69, 9.17) is 10.2 Å². The zero-order chi connectivity index (χ0) is 26.5. The summed E-state index contributed by atoms with van der Waals surface area (Å²) in [5.74, 6) is 0.873. The van der Waals surface area contributed by atoms with Crippen molar-refractivity contribution in [3.05, 3.63) is 0 Å². The van der Waals surface area contributed by atoms with Gasteiger partial charge >= 0.3 is 0 Å². The predicted molar refractivity (Wildman–Crippen MR) is 140 cm³/mol. The van der Waals surface area contributed by atoms with Gasteiger partial charge in [0.15, 0.2) is 0 Å². The lowest BCUT2D eigenvalue weighted by atomic mass is 10.1. The Bertz CT molecular complexity index is 434. The van der Waals surface area contributed by atoms with E-state index in [0.29, 0.717) is 32.3 Å². The summed E-state index contributed by atoms with van der Waals surface area (Å²) in [6, 6.07) is -0.114. The number of carbonyl (C=O) groups excluding carboxylic acids is 3. The van der Waals surface area contributed by atoms with Gasteiger partial charge in [-0.25, -0.2) is 0 Å². The number of rotatable bonds is 20. The van der Waals surface area contributed by atoms with Crippen molar-refractivity contribution in [2.45, 2.75) is 97.6 Å². The monoisotopic (exact) mass is 490 g/mol. The van der Waals surface area contributed by atoms with E-state index in [1.54, 1.807) is 0 Å². The highest BCUT2D eigenvalue weighted by molar-refractivity contribution is 5.81. The van der Waals surface area contributed by atoms with Crippen LogP contribution in [-0.4, -0.2) is 80.8 Å². The number of aldehydes is 1. The second kappa shape index (κ2) is 31.5. The van der Waals surface area contributed by atoms with E-state index < -0.39 is 6.10 Å². The Morgan fingerprint density at radius 3 is 2.09 bits per heavy atom. The van der Waals surface area contributed by atoms with Crippen LogP contribution in [0.25, 0.3) is 0 Å². The summed E-state index contributed by atoms with van der Waals surface area (Å²) >= 11 is 0. The summed E-state index contributed by atoms with van der Waals surface area (Å²) in [7, 11) is 2.01. The second-order valence-electron chi connectivity index (χ2n) is 8.54. The van der Waals surface area contributed by atoms with Crippen molar-refractivity contribution in [3.8, 4) is 0 Å². The number of carbonyl (C=O) groups is 3. The summed E-state index contributed by atoms with van der Waals surface area (Å²) in [5.41, 5.74) is 0. The molecule has 1 unspecified atom stereocenters. The number of aliphatic hydroxyl groups excluding tert-OH is 2. The van der Waals surface area contributed by atoms with Crippen molar-refractivity contribution < 1.29 is 24.6 Å². The molecule has 0 fully saturated rings. The maximum absolute atomic E-state index is 11.5. The third-order valence-corrected chi connectivity index (χ3v) is 4.77. The first kappa shape index (κ1) is 37.0. The summed E-state index contributed by atoms with van der Waals surface area (Å²) in [6.07, 6.45) is 9.39. The Morgan fingerprint density at radius 1 is 0.941 bits per heavy atom. The standard InChI is InChI=1S/C10H20N2O2.C8H19N.C7H15NO3/c1-3-6-9(11-4-2)10(14)12-7-5-8-13;1-8(2)6-4-5-7-9-3;9-5-7(11)3-1-2-4-8-6-10/h8-9,11H,3-7H2,1-2H3,(H,12,14);8-9H,4-7H2,1-3H3;6-7,9,11H,1-5H2,(H,8,10)/t9-;;/m1../s1. The van der Waals surface area contributed by atoms with Gasteiger partial charge in [0.05, 0.1) is 18.8 Å². The number of amides is 2. The summed E-state index contributed by atoms with van der Waals surface area (Å²) in [5, 5.41) is 28.8. The normalized spacial score (nSPS) is 11.9. The van der Waals surface area contributed by atoms with Crippen LogP contribution in [0.5, 0.6) is 0 Å². The summed E-state index contributed by atoms with van der Waals surface area (Å²) in [4.78, 5) is 31.3. The highest BCUT2D eigenvalue weighted by atomic mass is 16.3. The van der Waals surface area contributed by atoms with E-state index in [9.17, 15) is 14.4 Å². The Morgan fingerprint density at radius 2 is 1.59 bits per heavy atom. The Kier molecular flexibility index (Phi) is 34.2. The van der Waals surface area contributed by atoms with E-state index in [-0.39, 0.29) is 18.6 Å². The van der Waals surface area contributed by atoms with Gasteiger partial charge in [-0.2, -0.15) is 0 Å². The quantitative estimate of drug-likeness (QED) is 0.113. The van der Waals surface area contributed by atoms with Crippen molar-refractivity contribution >= 4 is 18.6 Å². The predicted octanol–water partition coefficient (Wildman–Crippen LogP) is 1.76.